The van der Waals surface area contributed by atoms with Gasteiger partial charge in [0.25, 0.3) is 5.91 Å². The highest BCUT2D eigenvalue weighted by atomic mass is 16.1. The van der Waals surface area contributed by atoms with E-state index < -0.39 is 0 Å². The normalized spacial score (nSPS) is 15.2. The standard InChI is InChI=1S/C20H27N5O/c1-5-24-8-10-25(11-9-24)20-21-7-6-17(22-20)19(26)23-18-15(3)12-14(2)13-16(18)4/h6-7,12-13H,5,8-11H2,1-4H3,(H,23,26). The predicted molar refractivity (Wildman–Crippen MR) is 105 cm³/mol. The average Bonchev–Trinajstić information content (AvgIpc) is 2.64. The number of piperazine rings is 1. The second-order valence-corrected chi connectivity index (χ2v) is 6.89. The Morgan fingerprint density at radius 1 is 1.12 bits per heavy atom. The number of aromatic nitrogens is 2. The number of rotatable bonds is 4. The van der Waals surface area contributed by atoms with Gasteiger partial charge in [-0.15, -0.1) is 0 Å². The lowest BCUT2D eigenvalue weighted by Crippen LogP contribution is -2.46. The van der Waals surface area contributed by atoms with Crippen molar-refractivity contribution in [3.05, 3.63) is 46.8 Å². The summed E-state index contributed by atoms with van der Waals surface area (Å²) in [5, 5.41) is 3.01. The molecule has 0 saturated carbocycles. The molecule has 2 heterocycles. The van der Waals surface area contributed by atoms with Gasteiger partial charge >= 0.3 is 0 Å². The summed E-state index contributed by atoms with van der Waals surface area (Å²) in [6, 6.07) is 5.81. The number of hydrogen-bond acceptors (Lipinski definition) is 5. The maximum atomic E-state index is 12.7. The minimum atomic E-state index is -0.198. The summed E-state index contributed by atoms with van der Waals surface area (Å²) in [7, 11) is 0. The van der Waals surface area contributed by atoms with Crippen LogP contribution in [0.4, 0.5) is 11.6 Å². The molecule has 0 spiro atoms. The maximum Gasteiger partial charge on any atom is 0.274 e. The third-order valence-electron chi connectivity index (χ3n) is 4.89. The van der Waals surface area contributed by atoms with Crippen LogP contribution in [0.25, 0.3) is 0 Å². The van der Waals surface area contributed by atoms with Gasteiger partial charge in [0.15, 0.2) is 0 Å². The molecule has 0 radical (unpaired) electrons. The van der Waals surface area contributed by atoms with Gasteiger partial charge in [0, 0.05) is 38.1 Å². The SMILES string of the molecule is CCN1CCN(c2nccc(C(=O)Nc3c(C)cc(C)cc3C)n2)CC1. The highest BCUT2D eigenvalue weighted by molar-refractivity contribution is 6.03. The van der Waals surface area contributed by atoms with E-state index in [1.807, 2.05) is 13.8 Å². The van der Waals surface area contributed by atoms with Crippen molar-refractivity contribution in [2.45, 2.75) is 27.7 Å². The molecule has 1 fully saturated rings. The fourth-order valence-corrected chi connectivity index (χ4v) is 3.45. The van der Waals surface area contributed by atoms with Gasteiger partial charge in [0.2, 0.25) is 5.95 Å². The first-order valence-corrected chi connectivity index (χ1v) is 9.17. The lowest BCUT2D eigenvalue weighted by atomic mass is 10.1. The Hall–Kier alpha value is -2.47. The summed E-state index contributed by atoms with van der Waals surface area (Å²) in [4.78, 5) is 26.1. The number of nitrogens with one attached hydrogen (secondary N) is 1. The fraction of sp³-hybridized carbons (Fsp3) is 0.450. The zero-order valence-corrected chi connectivity index (χ0v) is 16.0. The Labute approximate surface area is 155 Å². The van der Waals surface area contributed by atoms with E-state index in [2.05, 4.69) is 51.1 Å². The van der Waals surface area contributed by atoms with Crippen LogP contribution in [0.1, 0.15) is 34.1 Å². The van der Waals surface area contributed by atoms with Crippen molar-refractivity contribution < 1.29 is 4.79 Å². The summed E-state index contributed by atoms with van der Waals surface area (Å²) >= 11 is 0. The molecule has 1 aliphatic rings. The number of carbonyl (C=O) groups is 1. The molecule has 26 heavy (non-hydrogen) atoms. The van der Waals surface area contributed by atoms with Crippen molar-refractivity contribution in [3.8, 4) is 0 Å². The molecule has 0 bridgehead atoms. The van der Waals surface area contributed by atoms with Crippen molar-refractivity contribution in [2.24, 2.45) is 0 Å². The van der Waals surface area contributed by atoms with Crippen molar-refractivity contribution in [1.82, 2.24) is 14.9 Å². The van der Waals surface area contributed by atoms with E-state index in [4.69, 9.17) is 0 Å². The summed E-state index contributed by atoms with van der Waals surface area (Å²) < 4.78 is 0. The minimum Gasteiger partial charge on any atom is -0.338 e. The molecule has 138 valence electrons. The van der Waals surface area contributed by atoms with Crippen LogP contribution >= 0.6 is 0 Å². The van der Waals surface area contributed by atoms with E-state index >= 15 is 0 Å². The van der Waals surface area contributed by atoms with E-state index in [0.717, 1.165) is 49.5 Å². The lowest BCUT2D eigenvalue weighted by Gasteiger charge is -2.34. The summed E-state index contributed by atoms with van der Waals surface area (Å²) in [6.45, 7) is 13.1. The van der Waals surface area contributed by atoms with Crippen molar-refractivity contribution >= 4 is 17.5 Å². The number of likely N-dealkylation sites (N-methyl/N-ethyl adjacent to an activating group) is 1. The van der Waals surface area contributed by atoms with Crippen molar-refractivity contribution in [3.63, 3.8) is 0 Å². The zero-order chi connectivity index (χ0) is 18.7. The first kappa shape index (κ1) is 18.3. The first-order chi connectivity index (χ1) is 12.5. The lowest BCUT2D eigenvalue weighted by molar-refractivity contribution is 0.102. The fourth-order valence-electron chi connectivity index (χ4n) is 3.45. The van der Waals surface area contributed by atoms with E-state index in [-0.39, 0.29) is 5.91 Å². The molecule has 6 nitrogen and oxygen atoms in total. The number of nitrogens with zero attached hydrogens (tertiary/aromatic N) is 4. The van der Waals surface area contributed by atoms with Crippen LogP contribution in [0.2, 0.25) is 0 Å². The van der Waals surface area contributed by atoms with Gasteiger partial charge in [-0.1, -0.05) is 24.6 Å². The number of hydrogen-bond donors (Lipinski definition) is 1. The minimum absolute atomic E-state index is 0.198. The van der Waals surface area contributed by atoms with Crippen molar-refractivity contribution in [1.29, 1.82) is 0 Å². The van der Waals surface area contributed by atoms with Gasteiger partial charge in [-0.2, -0.15) is 0 Å². The largest absolute Gasteiger partial charge is 0.338 e. The van der Waals surface area contributed by atoms with E-state index in [1.165, 1.54) is 5.56 Å². The predicted octanol–water partition coefficient (Wildman–Crippen LogP) is 2.80. The van der Waals surface area contributed by atoms with Gasteiger partial charge in [-0.3, -0.25) is 4.79 Å². The molecule has 0 aliphatic carbocycles. The maximum absolute atomic E-state index is 12.7. The van der Waals surface area contributed by atoms with Crippen LogP contribution in [0, 0.1) is 20.8 Å². The average molecular weight is 353 g/mol. The van der Waals surface area contributed by atoms with Crippen LogP contribution in [-0.2, 0) is 0 Å². The summed E-state index contributed by atoms with van der Waals surface area (Å²) in [6.07, 6.45) is 1.66. The molecule has 6 heteroatoms. The third-order valence-corrected chi connectivity index (χ3v) is 4.89. The van der Waals surface area contributed by atoms with E-state index in [0.29, 0.717) is 11.6 Å². The number of benzene rings is 1. The third kappa shape index (κ3) is 4.02. The molecule has 1 saturated heterocycles. The second-order valence-electron chi connectivity index (χ2n) is 6.89. The molecule has 0 atom stereocenters. The Kier molecular flexibility index (Phi) is 5.52. The van der Waals surface area contributed by atoms with E-state index in [9.17, 15) is 4.79 Å². The van der Waals surface area contributed by atoms with E-state index in [1.54, 1.807) is 12.3 Å². The topological polar surface area (TPSA) is 61.4 Å². The molecule has 3 rings (SSSR count). The second kappa shape index (κ2) is 7.83. The molecular weight excluding hydrogens is 326 g/mol. The molecule has 1 N–H and O–H groups in total. The van der Waals surface area contributed by atoms with Gasteiger partial charge in [-0.05, 0) is 44.5 Å². The number of amides is 1. The molecule has 1 aromatic carbocycles. The Balaban J connectivity index is 1.75. The first-order valence-electron chi connectivity index (χ1n) is 9.17. The highest BCUT2D eigenvalue weighted by Crippen LogP contribution is 2.22. The monoisotopic (exact) mass is 353 g/mol. The Bertz CT molecular complexity index is 774. The summed E-state index contributed by atoms with van der Waals surface area (Å²) in [5.41, 5.74) is 4.56. The quantitative estimate of drug-likeness (QED) is 0.916. The molecule has 1 aromatic heterocycles. The van der Waals surface area contributed by atoms with Gasteiger partial charge < -0.3 is 15.1 Å². The molecular formula is C20H27N5O. The number of anilines is 2. The molecule has 1 aliphatic heterocycles. The van der Waals surface area contributed by atoms with Crippen LogP contribution in [0.3, 0.4) is 0 Å². The molecule has 2 aromatic rings. The zero-order valence-electron chi connectivity index (χ0n) is 16.0. The summed E-state index contributed by atoms with van der Waals surface area (Å²) in [5.74, 6) is 0.432. The van der Waals surface area contributed by atoms with Gasteiger partial charge in [0.1, 0.15) is 5.69 Å². The van der Waals surface area contributed by atoms with Crippen molar-refractivity contribution in [2.75, 3.05) is 42.9 Å². The highest BCUT2D eigenvalue weighted by Gasteiger charge is 2.19. The smallest absolute Gasteiger partial charge is 0.274 e. The Morgan fingerprint density at radius 2 is 1.77 bits per heavy atom. The van der Waals surface area contributed by atoms with Crippen LogP contribution < -0.4 is 10.2 Å². The van der Waals surface area contributed by atoms with Crippen LogP contribution in [0.5, 0.6) is 0 Å². The number of carbonyl (C=O) groups excluding carboxylic acids is 1. The Morgan fingerprint density at radius 3 is 2.38 bits per heavy atom. The van der Waals surface area contributed by atoms with Gasteiger partial charge in [-0.25, -0.2) is 9.97 Å². The molecule has 0 unspecified atom stereocenters. The molecule has 1 amide bonds. The van der Waals surface area contributed by atoms with Crippen LogP contribution in [-0.4, -0.2) is 53.5 Å². The van der Waals surface area contributed by atoms with Gasteiger partial charge in [0.05, 0.1) is 0 Å². The number of aryl methyl sites for hydroxylation is 3. The van der Waals surface area contributed by atoms with Crippen LogP contribution in [0.15, 0.2) is 24.4 Å².